The third-order valence-corrected chi connectivity index (χ3v) is 5.57. The Hall–Kier alpha value is -3.87. The van der Waals surface area contributed by atoms with Gasteiger partial charge in [0, 0.05) is 23.4 Å². The molecule has 0 fully saturated rings. The minimum Gasteiger partial charge on any atom is -0.316 e. The molecule has 11 nitrogen and oxygen atoms in total. The van der Waals surface area contributed by atoms with Crippen LogP contribution in [0.25, 0.3) is 0 Å². The average molecular weight is 491 g/mol. The van der Waals surface area contributed by atoms with E-state index in [1.54, 1.807) is 0 Å². The van der Waals surface area contributed by atoms with Crippen LogP contribution in [-0.4, -0.2) is 41.1 Å². The molecule has 2 N–H and O–H groups in total. The summed E-state index contributed by atoms with van der Waals surface area (Å²) in [6, 6.07) is 13.4. The van der Waals surface area contributed by atoms with E-state index in [9.17, 15) is 32.7 Å². The fraction of sp³-hybridized carbons (Fsp3) is 0.0500. The van der Waals surface area contributed by atoms with Crippen LogP contribution in [0.1, 0.15) is 20.7 Å². The number of nitrogens with zero attached hydrogens (tertiary/aromatic N) is 3. The number of nitro benzene ring substituents is 1. The van der Waals surface area contributed by atoms with Gasteiger partial charge in [0.1, 0.15) is 5.69 Å². The summed E-state index contributed by atoms with van der Waals surface area (Å²) in [6.45, 7) is -0.772. The second kappa shape index (κ2) is 9.73. The van der Waals surface area contributed by atoms with Gasteiger partial charge in [0.2, 0.25) is 0 Å². The van der Waals surface area contributed by atoms with Gasteiger partial charge in [-0.2, -0.15) is 8.42 Å². The van der Waals surface area contributed by atoms with Crippen LogP contribution in [0.3, 0.4) is 0 Å². The standard InChI is InChI=1S/C20H15ClN4O7S/c21-19-17(6-3-11-22-19)24(33(30,31)32)12-18(26)13-7-9-14(10-8-13)20(27)23-15-4-1-2-5-16(15)25(28)29/h1-11H,12H2,(H,23,27)(H,30,31,32). The fourth-order valence-electron chi connectivity index (χ4n) is 2.82. The lowest BCUT2D eigenvalue weighted by Gasteiger charge is -2.20. The van der Waals surface area contributed by atoms with Crippen LogP contribution in [0.2, 0.25) is 5.15 Å². The van der Waals surface area contributed by atoms with Gasteiger partial charge in [-0.15, -0.1) is 0 Å². The van der Waals surface area contributed by atoms with Crippen LogP contribution < -0.4 is 9.62 Å². The Bertz CT molecular complexity index is 1330. The van der Waals surface area contributed by atoms with E-state index in [-0.39, 0.29) is 33.3 Å². The molecule has 1 aromatic heterocycles. The van der Waals surface area contributed by atoms with Gasteiger partial charge in [-0.1, -0.05) is 35.9 Å². The summed E-state index contributed by atoms with van der Waals surface area (Å²) in [5.74, 6) is -1.34. The van der Waals surface area contributed by atoms with Crippen LogP contribution >= 0.6 is 11.6 Å². The summed E-state index contributed by atoms with van der Waals surface area (Å²) in [5.41, 5.74) is -0.310. The fourth-order valence-corrected chi connectivity index (χ4v) is 3.76. The second-order valence-electron chi connectivity index (χ2n) is 6.53. The summed E-state index contributed by atoms with van der Waals surface area (Å²) < 4.78 is 33.5. The first-order chi connectivity index (χ1) is 15.6. The average Bonchev–Trinajstić information content (AvgIpc) is 2.77. The Morgan fingerprint density at radius 2 is 1.70 bits per heavy atom. The maximum Gasteiger partial charge on any atom is 0.360 e. The van der Waals surface area contributed by atoms with E-state index in [0.29, 0.717) is 4.31 Å². The minimum atomic E-state index is -4.84. The second-order valence-corrected chi connectivity index (χ2v) is 8.22. The van der Waals surface area contributed by atoms with Gasteiger partial charge in [-0.05, 0) is 30.3 Å². The molecule has 0 spiro atoms. The van der Waals surface area contributed by atoms with E-state index < -0.39 is 33.5 Å². The Morgan fingerprint density at radius 3 is 2.30 bits per heavy atom. The first kappa shape index (κ1) is 23.8. The quantitative estimate of drug-likeness (QED) is 0.160. The Balaban J connectivity index is 1.78. The van der Waals surface area contributed by atoms with Gasteiger partial charge in [-0.25, -0.2) is 9.29 Å². The van der Waals surface area contributed by atoms with Crippen molar-refractivity contribution in [3.05, 3.63) is 93.3 Å². The Kier molecular flexibility index (Phi) is 7.01. The maximum absolute atomic E-state index is 12.6. The molecule has 33 heavy (non-hydrogen) atoms. The summed E-state index contributed by atoms with van der Waals surface area (Å²) in [5, 5.41) is 13.3. The molecule has 0 bridgehead atoms. The number of anilines is 2. The highest BCUT2D eigenvalue weighted by Crippen LogP contribution is 2.26. The number of nitrogens with one attached hydrogen (secondary N) is 1. The van der Waals surface area contributed by atoms with E-state index >= 15 is 0 Å². The van der Waals surface area contributed by atoms with E-state index in [2.05, 4.69) is 10.3 Å². The predicted molar refractivity (Wildman–Crippen MR) is 120 cm³/mol. The topological polar surface area (TPSA) is 160 Å². The minimum absolute atomic E-state index is 0.00444. The van der Waals surface area contributed by atoms with E-state index in [0.717, 1.165) is 0 Å². The van der Waals surface area contributed by atoms with Gasteiger partial charge in [0.15, 0.2) is 10.9 Å². The first-order valence-corrected chi connectivity index (χ1v) is 10.9. The van der Waals surface area contributed by atoms with Crippen molar-refractivity contribution >= 4 is 50.7 Å². The molecular weight excluding hydrogens is 476 g/mol. The van der Waals surface area contributed by atoms with Gasteiger partial charge in [0.25, 0.3) is 11.6 Å². The van der Waals surface area contributed by atoms with Crippen molar-refractivity contribution in [2.45, 2.75) is 0 Å². The Morgan fingerprint density at radius 1 is 1.06 bits per heavy atom. The van der Waals surface area contributed by atoms with Crippen LogP contribution in [-0.2, 0) is 10.3 Å². The third kappa shape index (κ3) is 5.68. The van der Waals surface area contributed by atoms with Crippen molar-refractivity contribution in [1.29, 1.82) is 0 Å². The van der Waals surface area contributed by atoms with Crippen molar-refractivity contribution in [3.63, 3.8) is 0 Å². The molecule has 0 aliphatic heterocycles. The molecular formula is C20H15ClN4O7S. The number of nitro groups is 1. The number of para-hydroxylation sites is 2. The first-order valence-electron chi connectivity index (χ1n) is 9.11. The SMILES string of the molecule is O=C(CN(c1cccnc1Cl)S(=O)(=O)O)c1ccc(C(=O)Nc2ccccc2[N+](=O)[O-])cc1. The number of ketones is 1. The van der Waals surface area contributed by atoms with Crippen LogP contribution in [0.4, 0.5) is 17.1 Å². The number of halogens is 1. The molecule has 0 unspecified atom stereocenters. The summed E-state index contributed by atoms with van der Waals surface area (Å²) in [7, 11) is -4.84. The smallest absolute Gasteiger partial charge is 0.316 e. The highest BCUT2D eigenvalue weighted by molar-refractivity contribution is 7.87. The van der Waals surface area contributed by atoms with Crippen molar-refractivity contribution < 1.29 is 27.5 Å². The van der Waals surface area contributed by atoms with Crippen molar-refractivity contribution in [3.8, 4) is 0 Å². The third-order valence-electron chi connectivity index (χ3n) is 4.39. The molecule has 0 radical (unpaired) electrons. The maximum atomic E-state index is 12.6. The molecule has 0 aliphatic rings. The molecule has 0 aliphatic carbocycles. The normalized spacial score (nSPS) is 11.0. The number of hydrogen-bond donors (Lipinski definition) is 2. The van der Waals surface area contributed by atoms with Crippen molar-refractivity contribution in [1.82, 2.24) is 4.98 Å². The number of rotatable bonds is 8. The zero-order valence-electron chi connectivity index (χ0n) is 16.6. The lowest BCUT2D eigenvalue weighted by atomic mass is 10.1. The Labute approximate surface area is 192 Å². The summed E-state index contributed by atoms with van der Waals surface area (Å²) >= 11 is 5.88. The number of Topliss-reactive ketones (excluding diaryl/α,β-unsaturated/α-hetero) is 1. The number of hydrogen-bond acceptors (Lipinski definition) is 7. The molecule has 0 saturated carbocycles. The highest BCUT2D eigenvalue weighted by Gasteiger charge is 2.26. The number of aromatic nitrogens is 1. The summed E-state index contributed by atoms with van der Waals surface area (Å²) in [4.78, 5) is 39.2. The monoisotopic (exact) mass is 490 g/mol. The molecule has 2 aromatic carbocycles. The highest BCUT2D eigenvalue weighted by atomic mass is 35.5. The molecule has 3 rings (SSSR count). The zero-order chi connectivity index (χ0) is 24.2. The van der Waals surface area contributed by atoms with Crippen LogP contribution in [0.15, 0.2) is 66.9 Å². The molecule has 1 heterocycles. The largest absolute Gasteiger partial charge is 0.360 e. The van der Waals surface area contributed by atoms with Crippen molar-refractivity contribution in [2.75, 3.05) is 16.2 Å². The van der Waals surface area contributed by atoms with Crippen LogP contribution in [0.5, 0.6) is 0 Å². The van der Waals surface area contributed by atoms with E-state index in [4.69, 9.17) is 11.6 Å². The summed E-state index contributed by atoms with van der Waals surface area (Å²) in [6.07, 6.45) is 1.31. The lowest BCUT2D eigenvalue weighted by Crippen LogP contribution is -2.35. The predicted octanol–water partition coefficient (Wildman–Crippen LogP) is 3.39. The van der Waals surface area contributed by atoms with E-state index in [1.165, 1.54) is 66.9 Å². The number of amides is 1. The zero-order valence-corrected chi connectivity index (χ0v) is 18.2. The molecule has 170 valence electrons. The number of carbonyl (C=O) groups is 2. The number of benzene rings is 2. The van der Waals surface area contributed by atoms with Gasteiger partial charge in [0.05, 0.1) is 17.2 Å². The van der Waals surface area contributed by atoms with Gasteiger partial charge >= 0.3 is 10.3 Å². The van der Waals surface area contributed by atoms with E-state index in [1.807, 2.05) is 0 Å². The molecule has 3 aromatic rings. The number of pyridine rings is 1. The van der Waals surface area contributed by atoms with Crippen LogP contribution in [0, 0.1) is 10.1 Å². The van der Waals surface area contributed by atoms with Gasteiger partial charge in [-0.3, -0.25) is 24.3 Å². The molecule has 13 heteroatoms. The molecule has 0 saturated heterocycles. The lowest BCUT2D eigenvalue weighted by molar-refractivity contribution is -0.383. The number of carbonyl (C=O) groups excluding carboxylic acids is 2. The molecule has 1 amide bonds. The van der Waals surface area contributed by atoms with Crippen molar-refractivity contribution in [2.24, 2.45) is 0 Å². The van der Waals surface area contributed by atoms with Gasteiger partial charge < -0.3 is 5.32 Å². The molecule has 0 atom stereocenters.